The minimum atomic E-state index is -0.116. The van der Waals surface area contributed by atoms with Crippen LogP contribution in [0.2, 0.25) is 0 Å². The Hall–Kier alpha value is -3.22. The van der Waals surface area contributed by atoms with Crippen molar-refractivity contribution in [2.24, 2.45) is 5.92 Å². The molecule has 0 saturated carbocycles. The first-order valence-corrected chi connectivity index (χ1v) is 10.5. The second kappa shape index (κ2) is 8.65. The average Bonchev–Trinajstić information content (AvgIpc) is 2.77. The van der Waals surface area contributed by atoms with E-state index in [2.05, 4.69) is 49.2 Å². The van der Waals surface area contributed by atoms with Crippen LogP contribution in [-0.4, -0.2) is 33.0 Å². The Morgan fingerprint density at radius 3 is 2.53 bits per heavy atom. The number of piperidine rings is 1. The lowest BCUT2D eigenvalue weighted by Gasteiger charge is -2.31. The van der Waals surface area contributed by atoms with Gasteiger partial charge < -0.3 is 15.2 Å². The first kappa shape index (κ1) is 20.1. The van der Waals surface area contributed by atoms with Crippen LogP contribution in [-0.2, 0) is 6.54 Å². The van der Waals surface area contributed by atoms with Crippen molar-refractivity contribution >= 4 is 11.6 Å². The highest BCUT2D eigenvalue weighted by molar-refractivity contribution is 5.56. The van der Waals surface area contributed by atoms with E-state index in [9.17, 15) is 4.79 Å². The molecule has 0 amide bonds. The normalized spacial score (nSPS) is 14.7. The van der Waals surface area contributed by atoms with Crippen LogP contribution in [0.25, 0.3) is 11.4 Å². The van der Waals surface area contributed by atoms with Crippen LogP contribution in [0, 0.1) is 19.8 Å². The maximum atomic E-state index is 12.0. The molecule has 156 valence electrons. The summed E-state index contributed by atoms with van der Waals surface area (Å²) in [5.41, 5.74) is 3.14. The third kappa shape index (κ3) is 4.50. The molecule has 4 rings (SSSR count). The van der Waals surface area contributed by atoms with Gasteiger partial charge in [-0.05, 0) is 56.4 Å². The number of aryl methyl sites for hydroxylation is 1. The van der Waals surface area contributed by atoms with Crippen LogP contribution < -0.4 is 15.8 Å². The molecule has 30 heavy (non-hydrogen) atoms. The van der Waals surface area contributed by atoms with Gasteiger partial charge in [-0.25, -0.2) is 15.0 Å². The molecule has 0 bridgehead atoms. The summed E-state index contributed by atoms with van der Waals surface area (Å²) in [5.74, 6) is 3.17. The maximum absolute atomic E-state index is 12.0. The first-order valence-electron chi connectivity index (χ1n) is 10.5. The Morgan fingerprint density at radius 2 is 1.90 bits per heavy atom. The maximum Gasteiger partial charge on any atom is 0.254 e. The van der Waals surface area contributed by atoms with Gasteiger partial charge >= 0.3 is 0 Å². The molecule has 1 fully saturated rings. The fourth-order valence-corrected chi connectivity index (χ4v) is 3.56. The number of hydrogen-bond donors (Lipinski definition) is 2. The highest BCUT2D eigenvalue weighted by Gasteiger charge is 2.16. The van der Waals surface area contributed by atoms with Crippen molar-refractivity contribution in [3.8, 4) is 11.4 Å². The monoisotopic (exact) mass is 404 g/mol. The Labute approximate surface area is 176 Å². The van der Waals surface area contributed by atoms with Crippen molar-refractivity contribution in [1.29, 1.82) is 0 Å². The third-order valence-electron chi connectivity index (χ3n) is 5.82. The van der Waals surface area contributed by atoms with E-state index in [4.69, 9.17) is 0 Å². The van der Waals surface area contributed by atoms with Crippen molar-refractivity contribution in [2.75, 3.05) is 23.3 Å². The fraction of sp³-hybridized carbons (Fsp3) is 0.391. The van der Waals surface area contributed by atoms with Gasteiger partial charge in [0.15, 0.2) is 0 Å². The highest BCUT2D eigenvalue weighted by Crippen LogP contribution is 2.21. The van der Waals surface area contributed by atoms with E-state index in [-0.39, 0.29) is 5.56 Å². The van der Waals surface area contributed by atoms with Gasteiger partial charge in [0.1, 0.15) is 17.5 Å². The number of anilines is 2. The molecule has 0 aliphatic carbocycles. The molecule has 7 heteroatoms. The van der Waals surface area contributed by atoms with Gasteiger partial charge in [0.05, 0.1) is 0 Å². The molecule has 0 atom stereocenters. The van der Waals surface area contributed by atoms with Gasteiger partial charge in [-0.15, -0.1) is 0 Å². The molecule has 3 aromatic heterocycles. The minimum Gasteiger partial charge on any atom is -0.366 e. The van der Waals surface area contributed by atoms with E-state index in [1.54, 1.807) is 13.1 Å². The Balaban J connectivity index is 1.37. The number of aromatic nitrogens is 4. The predicted octanol–water partition coefficient (Wildman–Crippen LogP) is 3.69. The average molecular weight is 405 g/mol. The topological polar surface area (TPSA) is 86.8 Å². The van der Waals surface area contributed by atoms with E-state index in [0.717, 1.165) is 47.5 Å². The molecule has 0 spiro atoms. The molecule has 1 saturated heterocycles. The van der Waals surface area contributed by atoms with E-state index in [1.807, 2.05) is 25.3 Å². The number of H-pyrrole nitrogens is 1. The van der Waals surface area contributed by atoms with Crippen molar-refractivity contribution in [3.63, 3.8) is 0 Å². The Kier molecular flexibility index (Phi) is 5.79. The van der Waals surface area contributed by atoms with Gasteiger partial charge in [0.25, 0.3) is 5.56 Å². The molecule has 3 aromatic rings. The van der Waals surface area contributed by atoms with Crippen molar-refractivity contribution in [1.82, 2.24) is 19.9 Å². The van der Waals surface area contributed by atoms with Gasteiger partial charge in [0, 0.05) is 48.8 Å². The van der Waals surface area contributed by atoms with Crippen LogP contribution in [0.1, 0.15) is 36.6 Å². The Morgan fingerprint density at radius 1 is 1.10 bits per heavy atom. The molecule has 0 radical (unpaired) electrons. The van der Waals surface area contributed by atoms with Gasteiger partial charge in [-0.1, -0.05) is 13.0 Å². The zero-order chi connectivity index (χ0) is 21.1. The predicted molar refractivity (Wildman–Crippen MR) is 120 cm³/mol. The van der Waals surface area contributed by atoms with Gasteiger partial charge in [-0.2, -0.15) is 0 Å². The molecule has 7 nitrogen and oxygen atoms in total. The van der Waals surface area contributed by atoms with E-state index in [0.29, 0.717) is 17.9 Å². The summed E-state index contributed by atoms with van der Waals surface area (Å²) < 4.78 is 0. The van der Waals surface area contributed by atoms with E-state index in [1.165, 1.54) is 12.8 Å². The van der Waals surface area contributed by atoms with Crippen molar-refractivity contribution < 1.29 is 0 Å². The smallest absolute Gasteiger partial charge is 0.254 e. The number of hydrogen-bond acceptors (Lipinski definition) is 6. The van der Waals surface area contributed by atoms with Gasteiger partial charge in [0.2, 0.25) is 0 Å². The highest BCUT2D eigenvalue weighted by atomic mass is 16.1. The summed E-state index contributed by atoms with van der Waals surface area (Å²) in [6.07, 6.45) is 6.11. The summed E-state index contributed by atoms with van der Waals surface area (Å²) in [7, 11) is 0. The van der Waals surface area contributed by atoms with Crippen molar-refractivity contribution in [3.05, 3.63) is 63.8 Å². The van der Waals surface area contributed by atoms with Crippen LogP contribution in [0.15, 0.2) is 41.5 Å². The number of aromatic amines is 1. The molecule has 1 aliphatic heterocycles. The summed E-state index contributed by atoms with van der Waals surface area (Å²) in [5, 5.41) is 3.32. The van der Waals surface area contributed by atoms with Crippen LogP contribution in [0.3, 0.4) is 0 Å². The summed E-state index contributed by atoms with van der Waals surface area (Å²) >= 11 is 0. The van der Waals surface area contributed by atoms with Crippen LogP contribution in [0.5, 0.6) is 0 Å². The molecule has 1 aliphatic rings. The first-order chi connectivity index (χ1) is 14.5. The van der Waals surface area contributed by atoms with Crippen LogP contribution in [0.4, 0.5) is 11.6 Å². The number of pyridine rings is 2. The summed E-state index contributed by atoms with van der Waals surface area (Å²) in [6.45, 7) is 8.74. The van der Waals surface area contributed by atoms with Crippen LogP contribution >= 0.6 is 0 Å². The fourth-order valence-electron chi connectivity index (χ4n) is 3.56. The molecule has 4 heterocycles. The lowest BCUT2D eigenvalue weighted by Crippen LogP contribution is -2.33. The quantitative estimate of drug-likeness (QED) is 0.674. The number of rotatable bonds is 5. The summed E-state index contributed by atoms with van der Waals surface area (Å²) in [4.78, 5) is 30.7. The molecule has 0 aromatic carbocycles. The lowest BCUT2D eigenvalue weighted by atomic mass is 9.99. The lowest BCUT2D eigenvalue weighted by molar-refractivity contribution is 0.436. The minimum absolute atomic E-state index is 0.116. The molecular formula is C23H28N6O. The molecule has 2 N–H and O–H groups in total. The van der Waals surface area contributed by atoms with E-state index < -0.39 is 0 Å². The van der Waals surface area contributed by atoms with Crippen molar-refractivity contribution in [2.45, 2.75) is 40.2 Å². The largest absolute Gasteiger partial charge is 0.366 e. The second-order valence-corrected chi connectivity index (χ2v) is 8.10. The third-order valence-corrected chi connectivity index (χ3v) is 5.82. The number of nitrogens with one attached hydrogen (secondary N) is 2. The second-order valence-electron chi connectivity index (χ2n) is 8.10. The van der Waals surface area contributed by atoms with Gasteiger partial charge in [-0.3, -0.25) is 4.79 Å². The molecule has 0 unspecified atom stereocenters. The van der Waals surface area contributed by atoms with E-state index >= 15 is 0 Å². The standard InChI is InChI=1S/C23H28N6O/c1-15-8-10-29(11-9-15)21-7-4-18(13-26-21)12-24-20-6-5-19(14-25-20)22-27-17(3)16(2)23(30)28-22/h4-7,13-15H,8-12H2,1-3H3,(H,24,25)(H,27,28,30). The zero-order valence-corrected chi connectivity index (χ0v) is 17.8. The summed E-state index contributed by atoms with van der Waals surface area (Å²) in [6, 6.07) is 8.01. The number of nitrogens with zero attached hydrogens (tertiary/aromatic N) is 4. The zero-order valence-electron chi connectivity index (χ0n) is 17.8. The Bertz CT molecular complexity index is 1050. The SMILES string of the molecule is Cc1nc(-c2ccc(NCc3ccc(N4CCC(C)CC4)nc3)nc2)[nH]c(=O)c1C. The molecular weight excluding hydrogens is 376 g/mol.